The molecule has 168 valence electrons. The third-order valence-corrected chi connectivity index (χ3v) is 4.93. The Labute approximate surface area is 187 Å². The maximum atomic E-state index is 13.2. The van der Waals surface area contributed by atoms with Crippen LogP contribution in [0.2, 0.25) is 0 Å². The van der Waals surface area contributed by atoms with Crippen molar-refractivity contribution in [2.45, 2.75) is 19.4 Å². The topological polar surface area (TPSA) is 116 Å². The fraction of sp³-hybridized carbons (Fsp3) is 0.174. The van der Waals surface area contributed by atoms with Gasteiger partial charge in [0.1, 0.15) is 11.6 Å². The first-order valence-electron chi connectivity index (χ1n) is 10.1. The molecule has 2 aromatic carbocycles. The first-order chi connectivity index (χ1) is 16.0. The average Bonchev–Trinajstić information content (AvgIpc) is 3.50. The van der Waals surface area contributed by atoms with Crippen LogP contribution < -0.4 is 0 Å². The second-order valence-corrected chi connectivity index (χ2v) is 7.27. The van der Waals surface area contributed by atoms with E-state index in [0.717, 1.165) is 0 Å². The lowest BCUT2D eigenvalue weighted by Crippen LogP contribution is -2.33. The number of rotatable bonds is 9. The number of aromatic nitrogens is 2. The monoisotopic (exact) mass is 450 g/mol. The highest BCUT2D eigenvalue weighted by molar-refractivity contribution is 5.78. The van der Waals surface area contributed by atoms with Gasteiger partial charge in [-0.3, -0.25) is 14.9 Å². The molecule has 0 fully saturated rings. The molecule has 0 spiro atoms. The van der Waals surface area contributed by atoms with Gasteiger partial charge in [0.25, 0.3) is 5.69 Å². The van der Waals surface area contributed by atoms with Crippen molar-refractivity contribution >= 4 is 11.6 Å². The van der Waals surface area contributed by atoms with Crippen LogP contribution in [0.15, 0.2) is 75.9 Å². The van der Waals surface area contributed by atoms with Gasteiger partial charge in [0.05, 0.1) is 24.2 Å². The maximum Gasteiger partial charge on any atom is 0.270 e. The molecule has 9 nitrogen and oxygen atoms in total. The molecule has 2 aromatic heterocycles. The summed E-state index contributed by atoms with van der Waals surface area (Å²) in [6, 6.07) is 15.2. The fourth-order valence-electron chi connectivity index (χ4n) is 3.23. The van der Waals surface area contributed by atoms with Crippen molar-refractivity contribution in [3.63, 3.8) is 0 Å². The van der Waals surface area contributed by atoms with Crippen LogP contribution >= 0.6 is 0 Å². The lowest BCUT2D eigenvalue weighted by molar-refractivity contribution is -0.384. The van der Waals surface area contributed by atoms with E-state index < -0.39 is 4.92 Å². The molecule has 0 radical (unpaired) electrons. The summed E-state index contributed by atoms with van der Waals surface area (Å²) in [5.74, 6) is 0.593. The standard InChI is InChI=1S/C23H19FN4O5/c24-18-8-6-16(7-9-18)13-22(29)27(15-20-5-2-12-32-20)11-10-21-25-23(26-33-21)17-3-1-4-19(14-17)28(30)31/h1-9,12,14H,10-11,13,15H2. The Kier molecular flexibility index (Phi) is 6.53. The van der Waals surface area contributed by atoms with Gasteiger partial charge in [0.2, 0.25) is 17.6 Å². The van der Waals surface area contributed by atoms with Gasteiger partial charge in [-0.05, 0) is 29.8 Å². The van der Waals surface area contributed by atoms with Gasteiger partial charge in [-0.25, -0.2) is 4.39 Å². The van der Waals surface area contributed by atoms with Gasteiger partial charge in [-0.1, -0.05) is 29.4 Å². The van der Waals surface area contributed by atoms with Crippen LogP contribution in [0.25, 0.3) is 11.4 Å². The zero-order valence-electron chi connectivity index (χ0n) is 17.4. The molecule has 0 saturated heterocycles. The highest BCUT2D eigenvalue weighted by Crippen LogP contribution is 2.21. The molecule has 33 heavy (non-hydrogen) atoms. The van der Waals surface area contributed by atoms with Crippen LogP contribution in [0.5, 0.6) is 0 Å². The Bertz CT molecular complexity index is 1240. The van der Waals surface area contributed by atoms with Crippen molar-refractivity contribution in [1.82, 2.24) is 15.0 Å². The Balaban J connectivity index is 1.45. The van der Waals surface area contributed by atoms with Gasteiger partial charge in [0.15, 0.2) is 0 Å². The predicted molar refractivity (Wildman–Crippen MR) is 114 cm³/mol. The number of nitro groups is 1. The van der Waals surface area contributed by atoms with E-state index in [-0.39, 0.29) is 55.1 Å². The molecule has 0 aliphatic carbocycles. The Morgan fingerprint density at radius 1 is 1.12 bits per heavy atom. The van der Waals surface area contributed by atoms with Crippen molar-refractivity contribution in [3.8, 4) is 11.4 Å². The van der Waals surface area contributed by atoms with Gasteiger partial charge >= 0.3 is 0 Å². The van der Waals surface area contributed by atoms with Gasteiger partial charge in [0, 0.05) is 30.7 Å². The van der Waals surface area contributed by atoms with Gasteiger partial charge in [-0.15, -0.1) is 0 Å². The number of hydrogen-bond acceptors (Lipinski definition) is 7. The van der Waals surface area contributed by atoms with E-state index in [1.54, 1.807) is 41.3 Å². The Morgan fingerprint density at radius 3 is 2.67 bits per heavy atom. The van der Waals surface area contributed by atoms with E-state index in [2.05, 4.69) is 10.1 Å². The number of non-ortho nitro benzene ring substituents is 1. The first kappa shape index (κ1) is 21.9. The largest absolute Gasteiger partial charge is 0.467 e. The normalized spacial score (nSPS) is 10.8. The zero-order chi connectivity index (χ0) is 23.2. The third kappa shape index (κ3) is 5.67. The first-order valence-corrected chi connectivity index (χ1v) is 10.1. The molecule has 0 atom stereocenters. The number of benzene rings is 2. The molecule has 4 rings (SSSR count). The van der Waals surface area contributed by atoms with Gasteiger partial charge in [-0.2, -0.15) is 4.98 Å². The van der Waals surface area contributed by atoms with Crippen LogP contribution in [0.4, 0.5) is 10.1 Å². The van der Waals surface area contributed by atoms with E-state index in [1.165, 1.54) is 30.5 Å². The summed E-state index contributed by atoms with van der Waals surface area (Å²) in [7, 11) is 0. The summed E-state index contributed by atoms with van der Waals surface area (Å²) < 4.78 is 23.8. The molecule has 0 saturated carbocycles. The minimum absolute atomic E-state index is 0.0742. The maximum absolute atomic E-state index is 13.2. The predicted octanol–water partition coefficient (Wildman–Crippen LogP) is 4.19. The lowest BCUT2D eigenvalue weighted by Gasteiger charge is -2.21. The summed E-state index contributed by atoms with van der Waals surface area (Å²) in [6.45, 7) is 0.524. The van der Waals surface area contributed by atoms with E-state index >= 15 is 0 Å². The molecule has 0 aliphatic heterocycles. The van der Waals surface area contributed by atoms with Crippen LogP contribution in [0, 0.1) is 15.9 Å². The molecule has 10 heteroatoms. The van der Waals surface area contributed by atoms with Crippen LogP contribution in [-0.4, -0.2) is 32.4 Å². The highest BCUT2D eigenvalue weighted by Gasteiger charge is 2.18. The summed E-state index contributed by atoms with van der Waals surface area (Å²) in [5.41, 5.74) is 1.07. The number of nitrogens with zero attached hydrogens (tertiary/aromatic N) is 4. The van der Waals surface area contributed by atoms with E-state index in [9.17, 15) is 19.3 Å². The van der Waals surface area contributed by atoms with E-state index in [4.69, 9.17) is 8.94 Å². The minimum Gasteiger partial charge on any atom is -0.467 e. The highest BCUT2D eigenvalue weighted by atomic mass is 19.1. The number of nitro benzene ring substituents is 1. The SMILES string of the molecule is O=C(Cc1ccc(F)cc1)N(CCc1nc(-c2cccc([N+](=O)[O-])c2)no1)Cc1ccco1. The van der Waals surface area contributed by atoms with E-state index in [1.807, 2.05) is 0 Å². The van der Waals surface area contributed by atoms with Crippen molar-refractivity contribution < 1.29 is 23.0 Å². The van der Waals surface area contributed by atoms with Crippen molar-refractivity contribution in [2.24, 2.45) is 0 Å². The molecule has 4 aromatic rings. The third-order valence-electron chi connectivity index (χ3n) is 4.93. The number of halogens is 1. The van der Waals surface area contributed by atoms with Crippen LogP contribution in [-0.2, 0) is 24.2 Å². The van der Waals surface area contributed by atoms with Crippen LogP contribution in [0.3, 0.4) is 0 Å². The minimum atomic E-state index is -0.496. The van der Waals surface area contributed by atoms with E-state index in [0.29, 0.717) is 16.9 Å². The average molecular weight is 450 g/mol. The second-order valence-electron chi connectivity index (χ2n) is 7.27. The second kappa shape index (κ2) is 9.86. The van der Waals surface area contributed by atoms with Crippen molar-refractivity contribution in [2.75, 3.05) is 6.54 Å². The fourth-order valence-corrected chi connectivity index (χ4v) is 3.23. The lowest BCUT2D eigenvalue weighted by atomic mass is 10.1. The molecule has 0 N–H and O–H groups in total. The zero-order valence-corrected chi connectivity index (χ0v) is 17.4. The molecule has 1 amide bonds. The van der Waals surface area contributed by atoms with Crippen molar-refractivity contribution in [3.05, 3.63) is 100 Å². The molecule has 2 heterocycles. The van der Waals surface area contributed by atoms with Crippen molar-refractivity contribution in [1.29, 1.82) is 0 Å². The number of amides is 1. The molecule has 0 unspecified atom stereocenters. The quantitative estimate of drug-likeness (QED) is 0.277. The van der Waals surface area contributed by atoms with Crippen LogP contribution in [0.1, 0.15) is 17.2 Å². The Morgan fingerprint density at radius 2 is 1.94 bits per heavy atom. The number of hydrogen-bond donors (Lipinski definition) is 0. The molecular formula is C23H19FN4O5. The Hall–Kier alpha value is -4.34. The summed E-state index contributed by atoms with van der Waals surface area (Å²) in [6.07, 6.45) is 1.91. The molecule has 0 aliphatic rings. The smallest absolute Gasteiger partial charge is 0.270 e. The summed E-state index contributed by atoms with van der Waals surface area (Å²) in [5, 5.41) is 14.9. The number of furan rings is 1. The number of carbonyl (C=O) groups is 1. The number of carbonyl (C=O) groups excluding carboxylic acids is 1. The molecule has 0 bridgehead atoms. The van der Waals surface area contributed by atoms with Gasteiger partial charge < -0.3 is 13.8 Å². The molecular weight excluding hydrogens is 431 g/mol. The summed E-state index contributed by atoms with van der Waals surface area (Å²) >= 11 is 0. The summed E-state index contributed by atoms with van der Waals surface area (Å²) in [4.78, 5) is 29.3.